The molecular weight excluding hydrogens is 96.1 g/mol. The van der Waals surface area contributed by atoms with E-state index in [9.17, 15) is 0 Å². The minimum Gasteiger partial charge on any atom is -0.0996 e. The Hall–Kier alpha value is -0.260. The molecule has 8 heavy (non-hydrogen) atoms. The molecule has 0 amide bonds. The zero-order valence-corrected chi connectivity index (χ0v) is 5.41. The second kappa shape index (κ2) is 1.02. The maximum Gasteiger partial charge on any atom is -0.00619 e. The van der Waals surface area contributed by atoms with E-state index in [0.717, 1.165) is 5.92 Å². The van der Waals surface area contributed by atoms with E-state index in [1.165, 1.54) is 24.8 Å². The molecule has 0 spiro atoms. The summed E-state index contributed by atoms with van der Waals surface area (Å²) in [6, 6.07) is 0. The Morgan fingerprint density at radius 1 is 1.75 bits per heavy atom. The number of rotatable bonds is 1. The normalized spacial score (nSPS) is 49.4. The predicted octanol–water partition coefficient (Wildman–Crippen LogP) is 2.36. The molecule has 0 nitrogen and oxygen atoms in total. The summed E-state index contributed by atoms with van der Waals surface area (Å²) in [7, 11) is 0. The monoisotopic (exact) mass is 108 g/mol. The second-order valence-electron chi connectivity index (χ2n) is 3.38. The minimum absolute atomic E-state index is 0.694. The molecule has 0 saturated heterocycles. The molecule has 0 radical (unpaired) electrons. The summed E-state index contributed by atoms with van der Waals surface area (Å²) in [5.41, 5.74) is 2.13. The van der Waals surface area contributed by atoms with E-state index in [4.69, 9.17) is 0 Å². The lowest BCUT2D eigenvalue weighted by atomic mass is 9.80. The SMILES string of the molecule is C=C(C)C12CCC1C2. The van der Waals surface area contributed by atoms with Crippen LogP contribution >= 0.6 is 0 Å². The molecule has 2 saturated carbocycles. The lowest BCUT2D eigenvalue weighted by Crippen LogP contribution is -2.14. The van der Waals surface area contributed by atoms with Gasteiger partial charge in [-0.1, -0.05) is 12.2 Å². The summed E-state index contributed by atoms with van der Waals surface area (Å²) in [6.45, 7) is 6.17. The van der Waals surface area contributed by atoms with Crippen molar-refractivity contribution in [3.8, 4) is 0 Å². The van der Waals surface area contributed by atoms with Gasteiger partial charge < -0.3 is 0 Å². The standard InChI is InChI=1S/C8H12/c1-6(2)8-4-3-7(8)5-8/h7H,1,3-5H2,2H3. The highest BCUT2D eigenvalue weighted by Crippen LogP contribution is 2.70. The average molecular weight is 108 g/mol. The Morgan fingerprint density at radius 3 is 2.50 bits per heavy atom. The quantitative estimate of drug-likeness (QED) is 0.452. The van der Waals surface area contributed by atoms with Crippen LogP contribution < -0.4 is 0 Å². The van der Waals surface area contributed by atoms with E-state index < -0.39 is 0 Å². The van der Waals surface area contributed by atoms with Gasteiger partial charge in [-0.05, 0) is 37.5 Å². The Bertz CT molecular complexity index is 142. The van der Waals surface area contributed by atoms with E-state index >= 15 is 0 Å². The van der Waals surface area contributed by atoms with Gasteiger partial charge >= 0.3 is 0 Å². The van der Waals surface area contributed by atoms with Gasteiger partial charge in [-0.2, -0.15) is 0 Å². The molecule has 2 fully saturated rings. The third-order valence-electron chi connectivity index (χ3n) is 3.02. The van der Waals surface area contributed by atoms with Crippen LogP contribution in [0.1, 0.15) is 26.2 Å². The van der Waals surface area contributed by atoms with Gasteiger partial charge in [0.2, 0.25) is 0 Å². The lowest BCUT2D eigenvalue weighted by molar-refractivity contribution is 0.349. The summed E-state index contributed by atoms with van der Waals surface area (Å²) >= 11 is 0. The molecule has 0 bridgehead atoms. The van der Waals surface area contributed by atoms with Crippen molar-refractivity contribution in [2.75, 3.05) is 0 Å². The van der Waals surface area contributed by atoms with E-state index in [-0.39, 0.29) is 0 Å². The highest BCUT2D eigenvalue weighted by atomic mass is 14.6. The molecule has 44 valence electrons. The molecule has 2 aliphatic carbocycles. The van der Waals surface area contributed by atoms with Gasteiger partial charge in [0.25, 0.3) is 0 Å². The van der Waals surface area contributed by atoms with Gasteiger partial charge in [0.05, 0.1) is 0 Å². The summed E-state index contributed by atoms with van der Waals surface area (Å²) in [6.07, 6.45) is 4.38. The maximum atomic E-state index is 3.99. The van der Waals surface area contributed by atoms with Crippen molar-refractivity contribution in [3.05, 3.63) is 12.2 Å². The molecule has 2 unspecified atom stereocenters. The fraction of sp³-hybridized carbons (Fsp3) is 0.750. The van der Waals surface area contributed by atoms with Gasteiger partial charge in [0, 0.05) is 0 Å². The fourth-order valence-corrected chi connectivity index (χ4v) is 2.02. The van der Waals surface area contributed by atoms with Crippen molar-refractivity contribution in [1.29, 1.82) is 0 Å². The zero-order valence-electron chi connectivity index (χ0n) is 5.41. The van der Waals surface area contributed by atoms with E-state index in [0.29, 0.717) is 5.41 Å². The predicted molar refractivity (Wildman–Crippen MR) is 34.6 cm³/mol. The molecule has 0 aromatic rings. The summed E-state index contributed by atoms with van der Waals surface area (Å²) in [4.78, 5) is 0. The van der Waals surface area contributed by atoms with Crippen molar-refractivity contribution < 1.29 is 0 Å². The summed E-state index contributed by atoms with van der Waals surface area (Å²) in [5, 5.41) is 0. The number of hydrogen-bond acceptors (Lipinski definition) is 0. The number of hydrogen-bond donors (Lipinski definition) is 0. The van der Waals surface area contributed by atoms with Crippen LogP contribution in [0, 0.1) is 11.3 Å². The van der Waals surface area contributed by atoms with Crippen molar-refractivity contribution >= 4 is 0 Å². The van der Waals surface area contributed by atoms with Crippen LogP contribution in [0.2, 0.25) is 0 Å². The van der Waals surface area contributed by atoms with Crippen LogP contribution in [0.15, 0.2) is 12.2 Å². The van der Waals surface area contributed by atoms with Gasteiger partial charge in [-0.15, -0.1) is 0 Å². The Labute approximate surface area is 50.6 Å². The van der Waals surface area contributed by atoms with Crippen LogP contribution in [-0.2, 0) is 0 Å². The molecule has 0 aliphatic heterocycles. The third kappa shape index (κ3) is 0.300. The first-order chi connectivity index (χ1) is 3.76. The van der Waals surface area contributed by atoms with Crippen molar-refractivity contribution in [1.82, 2.24) is 0 Å². The Balaban J connectivity index is 2.18. The molecule has 0 heteroatoms. The molecular formula is C8H12. The first kappa shape index (κ1) is 4.60. The van der Waals surface area contributed by atoms with Gasteiger partial charge in [-0.3, -0.25) is 0 Å². The number of allylic oxidation sites excluding steroid dienone is 1. The van der Waals surface area contributed by atoms with Crippen LogP contribution in [0.5, 0.6) is 0 Å². The first-order valence-electron chi connectivity index (χ1n) is 3.42. The van der Waals surface area contributed by atoms with E-state index in [2.05, 4.69) is 13.5 Å². The second-order valence-corrected chi connectivity index (χ2v) is 3.38. The summed E-state index contributed by atoms with van der Waals surface area (Å²) < 4.78 is 0. The topological polar surface area (TPSA) is 0 Å². The minimum atomic E-state index is 0.694. The molecule has 0 aromatic carbocycles. The van der Waals surface area contributed by atoms with Gasteiger partial charge in [-0.25, -0.2) is 0 Å². The maximum absolute atomic E-state index is 3.99. The highest BCUT2D eigenvalue weighted by Gasteiger charge is 2.60. The molecule has 2 rings (SSSR count). The van der Waals surface area contributed by atoms with Gasteiger partial charge in [0.15, 0.2) is 0 Å². The first-order valence-corrected chi connectivity index (χ1v) is 3.42. The highest BCUT2D eigenvalue weighted by molar-refractivity contribution is 5.26. The Kier molecular flexibility index (Phi) is 0.588. The molecule has 0 heterocycles. The van der Waals surface area contributed by atoms with Crippen molar-refractivity contribution in [3.63, 3.8) is 0 Å². The average Bonchev–Trinajstić information content (AvgIpc) is 2.10. The van der Waals surface area contributed by atoms with Crippen molar-refractivity contribution in [2.24, 2.45) is 11.3 Å². The van der Waals surface area contributed by atoms with Crippen LogP contribution in [-0.4, -0.2) is 0 Å². The van der Waals surface area contributed by atoms with Gasteiger partial charge in [0.1, 0.15) is 0 Å². The fourth-order valence-electron chi connectivity index (χ4n) is 2.02. The third-order valence-corrected chi connectivity index (χ3v) is 3.02. The largest absolute Gasteiger partial charge is 0.0996 e. The van der Waals surface area contributed by atoms with E-state index in [1.54, 1.807) is 0 Å². The van der Waals surface area contributed by atoms with Crippen LogP contribution in [0.25, 0.3) is 0 Å². The van der Waals surface area contributed by atoms with Crippen LogP contribution in [0.3, 0.4) is 0 Å². The summed E-state index contributed by atoms with van der Waals surface area (Å²) in [5.74, 6) is 1.07. The number of fused-ring (bicyclic) bond motifs is 1. The van der Waals surface area contributed by atoms with Crippen molar-refractivity contribution in [2.45, 2.75) is 26.2 Å². The molecule has 0 N–H and O–H groups in total. The molecule has 0 aromatic heterocycles. The van der Waals surface area contributed by atoms with Crippen LogP contribution in [0.4, 0.5) is 0 Å². The van der Waals surface area contributed by atoms with E-state index in [1.807, 2.05) is 0 Å². The molecule has 2 aliphatic rings. The lowest BCUT2D eigenvalue weighted by Gasteiger charge is -2.25. The zero-order chi connectivity index (χ0) is 5.78. The smallest absolute Gasteiger partial charge is 0.00619 e. The Morgan fingerprint density at radius 2 is 2.50 bits per heavy atom. The molecule has 2 atom stereocenters.